The topological polar surface area (TPSA) is 93.9 Å². The van der Waals surface area contributed by atoms with Crippen LogP contribution in [0.15, 0.2) is 48.8 Å². The summed E-state index contributed by atoms with van der Waals surface area (Å²) in [6.45, 7) is 3.46. The van der Waals surface area contributed by atoms with Gasteiger partial charge in [0.15, 0.2) is 0 Å². The van der Waals surface area contributed by atoms with Crippen molar-refractivity contribution in [3.8, 4) is 6.07 Å². The number of rotatable bonds is 8. The van der Waals surface area contributed by atoms with E-state index < -0.39 is 0 Å². The van der Waals surface area contributed by atoms with Crippen LogP contribution in [-0.2, 0) is 6.42 Å². The van der Waals surface area contributed by atoms with E-state index in [0.29, 0.717) is 23.5 Å². The van der Waals surface area contributed by atoms with E-state index in [1.165, 1.54) is 6.33 Å². The van der Waals surface area contributed by atoms with Crippen molar-refractivity contribution in [3.05, 3.63) is 65.5 Å². The number of anilines is 1. The van der Waals surface area contributed by atoms with Gasteiger partial charge < -0.3 is 15.5 Å². The lowest BCUT2D eigenvalue weighted by atomic mass is 10.1. The molecule has 7 heteroatoms. The van der Waals surface area contributed by atoms with Gasteiger partial charge in [-0.15, -0.1) is 0 Å². The fraction of sp³-hybridized carbons (Fsp3) is 0.304. The Hall–Kier alpha value is -3.50. The summed E-state index contributed by atoms with van der Waals surface area (Å²) in [4.78, 5) is 22.9. The number of aromatic nitrogens is 2. The third kappa shape index (κ3) is 5.52. The van der Waals surface area contributed by atoms with Crippen LogP contribution < -0.4 is 10.6 Å². The van der Waals surface area contributed by atoms with Crippen LogP contribution in [0.3, 0.4) is 0 Å². The predicted molar refractivity (Wildman–Crippen MR) is 118 cm³/mol. The van der Waals surface area contributed by atoms with Crippen molar-refractivity contribution < 1.29 is 4.79 Å². The second-order valence-electron chi connectivity index (χ2n) is 7.58. The number of fused-ring (bicyclic) bond motifs is 1. The Morgan fingerprint density at radius 1 is 1.17 bits per heavy atom. The van der Waals surface area contributed by atoms with E-state index in [4.69, 9.17) is 5.26 Å². The molecule has 1 heterocycles. The van der Waals surface area contributed by atoms with E-state index >= 15 is 0 Å². The second-order valence-corrected chi connectivity index (χ2v) is 7.58. The van der Waals surface area contributed by atoms with E-state index in [1.807, 2.05) is 56.3 Å². The minimum Gasteiger partial charge on any atom is -0.369 e. The smallest absolute Gasteiger partial charge is 0.251 e. The number of carbonyl (C=O) groups excluding carboxylic acids is 1. The molecule has 3 aromatic rings. The van der Waals surface area contributed by atoms with Gasteiger partial charge >= 0.3 is 0 Å². The van der Waals surface area contributed by atoms with Crippen molar-refractivity contribution in [2.24, 2.45) is 0 Å². The quantitative estimate of drug-likeness (QED) is 0.602. The van der Waals surface area contributed by atoms with Crippen LogP contribution in [-0.4, -0.2) is 54.0 Å². The molecule has 0 bridgehead atoms. The number of hydrogen-bond acceptors (Lipinski definition) is 6. The summed E-state index contributed by atoms with van der Waals surface area (Å²) in [7, 11) is 3.97. The highest BCUT2D eigenvalue weighted by molar-refractivity contribution is 5.94. The van der Waals surface area contributed by atoms with Gasteiger partial charge in [-0.3, -0.25) is 4.79 Å². The Kier molecular flexibility index (Phi) is 6.94. The van der Waals surface area contributed by atoms with E-state index in [-0.39, 0.29) is 11.9 Å². The van der Waals surface area contributed by atoms with Crippen LogP contribution in [0.1, 0.15) is 28.4 Å². The highest BCUT2D eigenvalue weighted by Crippen LogP contribution is 2.20. The Morgan fingerprint density at radius 2 is 1.93 bits per heavy atom. The molecule has 2 aromatic carbocycles. The first-order valence-corrected chi connectivity index (χ1v) is 9.89. The fourth-order valence-electron chi connectivity index (χ4n) is 3.32. The van der Waals surface area contributed by atoms with Crippen LogP contribution in [0.2, 0.25) is 0 Å². The first-order chi connectivity index (χ1) is 14.5. The summed E-state index contributed by atoms with van der Waals surface area (Å²) >= 11 is 0. The number of benzene rings is 2. The Labute approximate surface area is 176 Å². The molecule has 0 aliphatic heterocycles. The summed E-state index contributed by atoms with van der Waals surface area (Å²) in [5.41, 5.74) is 3.15. The summed E-state index contributed by atoms with van der Waals surface area (Å²) in [5.74, 6) is 0.651. The minimum atomic E-state index is -0.0604. The number of hydrogen-bond donors (Lipinski definition) is 2. The van der Waals surface area contributed by atoms with Crippen LogP contribution in [0.4, 0.5) is 5.82 Å². The van der Waals surface area contributed by atoms with E-state index in [9.17, 15) is 4.79 Å². The first-order valence-electron chi connectivity index (χ1n) is 9.89. The van der Waals surface area contributed by atoms with Crippen LogP contribution in [0.25, 0.3) is 10.9 Å². The second kappa shape index (κ2) is 9.81. The molecule has 0 unspecified atom stereocenters. The van der Waals surface area contributed by atoms with Crippen LogP contribution in [0.5, 0.6) is 0 Å². The molecule has 0 saturated carbocycles. The Balaban J connectivity index is 1.58. The van der Waals surface area contributed by atoms with Crippen LogP contribution >= 0.6 is 0 Å². The molecule has 1 aromatic heterocycles. The molecule has 0 spiro atoms. The van der Waals surface area contributed by atoms with Gasteiger partial charge in [0.2, 0.25) is 0 Å². The van der Waals surface area contributed by atoms with Crippen molar-refractivity contribution in [2.45, 2.75) is 19.4 Å². The average Bonchev–Trinajstić information content (AvgIpc) is 2.73. The van der Waals surface area contributed by atoms with Gasteiger partial charge in [0.1, 0.15) is 12.1 Å². The standard InChI is InChI=1S/C23H26N6O/c1-16(14-29(2)3)28-23(30)19-7-4-17(5-8-19)10-11-25-22-20-12-18(13-24)6-9-21(20)26-15-27-22/h4-9,12,15-16H,10-11,14H2,1-3H3,(H,28,30)(H,25,26,27)/t16-/m1/s1. The Morgan fingerprint density at radius 3 is 2.63 bits per heavy atom. The van der Waals surface area contributed by atoms with Gasteiger partial charge in [-0.25, -0.2) is 9.97 Å². The molecule has 0 fully saturated rings. The average molecular weight is 403 g/mol. The van der Waals surface area contributed by atoms with Gasteiger partial charge in [-0.05, 0) is 63.3 Å². The number of amides is 1. The highest BCUT2D eigenvalue weighted by Gasteiger charge is 2.10. The van der Waals surface area contributed by atoms with Gasteiger partial charge in [0.05, 0.1) is 17.1 Å². The molecule has 2 N–H and O–H groups in total. The SMILES string of the molecule is C[C@H](CN(C)C)NC(=O)c1ccc(CCNc2ncnc3ccc(C#N)cc23)cc1. The van der Waals surface area contributed by atoms with Crippen LogP contribution in [0, 0.1) is 11.3 Å². The fourth-order valence-corrected chi connectivity index (χ4v) is 3.32. The lowest BCUT2D eigenvalue weighted by molar-refractivity contribution is 0.0934. The molecular formula is C23H26N6O. The van der Waals surface area contributed by atoms with E-state index in [2.05, 4.69) is 26.7 Å². The molecule has 0 aliphatic rings. The molecule has 0 saturated heterocycles. The normalized spacial score (nSPS) is 11.8. The number of nitrogens with one attached hydrogen (secondary N) is 2. The maximum atomic E-state index is 12.3. The van der Waals surface area contributed by atoms with Crippen molar-refractivity contribution >= 4 is 22.6 Å². The molecule has 7 nitrogen and oxygen atoms in total. The largest absolute Gasteiger partial charge is 0.369 e. The maximum absolute atomic E-state index is 12.3. The number of carbonyl (C=O) groups is 1. The zero-order valence-electron chi connectivity index (χ0n) is 17.5. The molecule has 1 atom stereocenters. The lowest BCUT2D eigenvalue weighted by Gasteiger charge is -2.18. The maximum Gasteiger partial charge on any atom is 0.251 e. The van der Waals surface area contributed by atoms with E-state index in [0.717, 1.165) is 29.4 Å². The zero-order valence-corrected chi connectivity index (χ0v) is 17.5. The van der Waals surface area contributed by atoms with Crippen molar-refractivity contribution in [2.75, 3.05) is 32.5 Å². The van der Waals surface area contributed by atoms with Gasteiger partial charge in [-0.2, -0.15) is 5.26 Å². The summed E-state index contributed by atoms with van der Waals surface area (Å²) < 4.78 is 0. The Bertz CT molecular complexity index is 1060. The van der Waals surface area contributed by atoms with E-state index in [1.54, 1.807) is 12.1 Å². The van der Waals surface area contributed by atoms with Crippen molar-refractivity contribution in [3.63, 3.8) is 0 Å². The minimum absolute atomic E-state index is 0.0604. The van der Waals surface area contributed by atoms with Crippen molar-refractivity contribution in [1.82, 2.24) is 20.2 Å². The molecule has 0 radical (unpaired) electrons. The molecule has 30 heavy (non-hydrogen) atoms. The summed E-state index contributed by atoms with van der Waals surface area (Å²) in [6, 6.07) is 15.2. The molecule has 1 amide bonds. The number of likely N-dealkylation sites (N-methyl/N-ethyl adjacent to an activating group) is 1. The van der Waals surface area contributed by atoms with Gasteiger partial charge in [0.25, 0.3) is 5.91 Å². The predicted octanol–water partition coefficient (Wildman–Crippen LogP) is 2.84. The lowest BCUT2D eigenvalue weighted by Crippen LogP contribution is -2.39. The third-order valence-corrected chi connectivity index (χ3v) is 4.70. The zero-order chi connectivity index (χ0) is 21.5. The molecule has 3 rings (SSSR count). The number of nitriles is 1. The molecule has 0 aliphatic carbocycles. The van der Waals surface area contributed by atoms with Crippen molar-refractivity contribution in [1.29, 1.82) is 5.26 Å². The summed E-state index contributed by atoms with van der Waals surface area (Å²) in [6.07, 6.45) is 2.30. The number of nitrogens with zero attached hydrogens (tertiary/aromatic N) is 4. The monoisotopic (exact) mass is 402 g/mol. The van der Waals surface area contributed by atoms with Gasteiger partial charge in [0, 0.05) is 30.1 Å². The molecule has 154 valence electrons. The summed E-state index contributed by atoms with van der Waals surface area (Å²) in [5, 5.41) is 16.3. The third-order valence-electron chi connectivity index (χ3n) is 4.70. The van der Waals surface area contributed by atoms with Gasteiger partial charge in [-0.1, -0.05) is 12.1 Å². The first kappa shape index (κ1) is 21.2. The highest BCUT2D eigenvalue weighted by atomic mass is 16.1. The molecular weight excluding hydrogens is 376 g/mol.